The van der Waals surface area contributed by atoms with Crippen molar-refractivity contribution in [3.05, 3.63) is 23.9 Å². The zero-order valence-corrected chi connectivity index (χ0v) is 13.2. The Morgan fingerprint density at radius 2 is 2.15 bits per heavy atom. The van der Waals surface area contributed by atoms with Crippen molar-refractivity contribution < 1.29 is 8.42 Å². The largest absolute Gasteiger partial charge is 0.313 e. The summed E-state index contributed by atoms with van der Waals surface area (Å²) in [5.74, 6) is 0. The number of hydrogen-bond donors (Lipinski definition) is 1. The van der Waals surface area contributed by atoms with Crippen molar-refractivity contribution in [1.82, 2.24) is 14.6 Å². The highest BCUT2D eigenvalue weighted by Crippen LogP contribution is 2.32. The minimum atomic E-state index is -3.45. The summed E-state index contributed by atoms with van der Waals surface area (Å²) >= 11 is 0. The SMILES string of the molecule is CCNCc1ccc(S(=O)(=O)N2CCC(C)(C)C2)nc1. The molecular formula is C14H23N3O2S. The molecule has 112 valence electrons. The first-order chi connectivity index (χ1) is 9.35. The fourth-order valence-electron chi connectivity index (χ4n) is 2.34. The molecule has 1 aliphatic rings. The molecule has 0 spiro atoms. The molecular weight excluding hydrogens is 274 g/mol. The zero-order valence-electron chi connectivity index (χ0n) is 12.4. The van der Waals surface area contributed by atoms with E-state index in [-0.39, 0.29) is 10.4 Å². The summed E-state index contributed by atoms with van der Waals surface area (Å²) in [4.78, 5) is 4.13. The summed E-state index contributed by atoms with van der Waals surface area (Å²) in [5.41, 5.74) is 1.05. The van der Waals surface area contributed by atoms with Gasteiger partial charge in [-0.2, -0.15) is 4.31 Å². The number of pyridine rings is 1. The second-order valence-corrected chi connectivity index (χ2v) is 7.92. The number of sulfonamides is 1. The van der Waals surface area contributed by atoms with Crippen LogP contribution in [0.15, 0.2) is 23.4 Å². The van der Waals surface area contributed by atoms with Crippen molar-refractivity contribution in [3.8, 4) is 0 Å². The van der Waals surface area contributed by atoms with Crippen LogP contribution in [0.3, 0.4) is 0 Å². The first kappa shape index (κ1) is 15.4. The normalized spacial score (nSPS) is 19.4. The van der Waals surface area contributed by atoms with Crippen LogP contribution >= 0.6 is 0 Å². The van der Waals surface area contributed by atoms with Crippen molar-refractivity contribution in [3.63, 3.8) is 0 Å². The molecule has 0 bridgehead atoms. The molecule has 0 aliphatic carbocycles. The number of nitrogens with one attached hydrogen (secondary N) is 1. The molecule has 6 heteroatoms. The average Bonchev–Trinajstić information content (AvgIpc) is 2.78. The van der Waals surface area contributed by atoms with Crippen molar-refractivity contribution in [2.24, 2.45) is 5.41 Å². The van der Waals surface area contributed by atoms with Gasteiger partial charge in [-0.25, -0.2) is 13.4 Å². The monoisotopic (exact) mass is 297 g/mol. The minimum Gasteiger partial charge on any atom is -0.313 e. The van der Waals surface area contributed by atoms with Crippen molar-refractivity contribution in [2.75, 3.05) is 19.6 Å². The fraction of sp³-hybridized carbons (Fsp3) is 0.643. The highest BCUT2D eigenvalue weighted by molar-refractivity contribution is 7.89. The van der Waals surface area contributed by atoms with E-state index in [0.29, 0.717) is 19.6 Å². The van der Waals surface area contributed by atoms with Crippen LogP contribution in [-0.2, 0) is 16.6 Å². The molecule has 1 N–H and O–H groups in total. The molecule has 0 atom stereocenters. The first-order valence-corrected chi connectivity index (χ1v) is 8.45. The maximum absolute atomic E-state index is 12.5. The van der Waals surface area contributed by atoms with Crippen LogP contribution in [0.2, 0.25) is 0 Å². The lowest BCUT2D eigenvalue weighted by Crippen LogP contribution is -2.31. The van der Waals surface area contributed by atoms with E-state index in [9.17, 15) is 8.42 Å². The molecule has 2 rings (SSSR count). The second kappa shape index (κ2) is 5.79. The fourth-order valence-corrected chi connectivity index (χ4v) is 3.88. The molecule has 5 nitrogen and oxygen atoms in total. The van der Waals surface area contributed by atoms with Gasteiger partial charge in [0.25, 0.3) is 10.0 Å². The third-order valence-corrected chi connectivity index (χ3v) is 5.38. The number of nitrogens with zero attached hydrogens (tertiary/aromatic N) is 2. The highest BCUT2D eigenvalue weighted by Gasteiger charge is 2.37. The van der Waals surface area contributed by atoms with Gasteiger partial charge in [0, 0.05) is 25.8 Å². The Morgan fingerprint density at radius 3 is 2.65 bits per heavy atom. The van der Waals surface area contributed by atoms with Gasteiger partial charge in [0.15, 0.2) is 5.03 Å². The Hall–Kier alpha value is -0.980. The lowest BCUT2D eigenvalue weighted by Gasteiger charge is -2.19. The van der Waals surface area contributed by atoms with E-state index in [1.165, 1.54) is 0 Å². The van der Waals surface area contributed by atoms with Crippen LogP contribution in [0.1, 0.15) is 32.8 Å². The van der Waals surface area contributed by atoms with Gasteiger partial charge in [-0.3, -0.25) is 0 Å². The lowest BCUT2D eigenvalue weighted by molar-refractivity contribution is 0.375. The Morgan fingerprint density at radius 1 is 1.40 bits per heavy atom. The molecule has 2 heterocycles. The van der Waals surface area contributed by atoms with Crippen LogP contribution < -0.4 is 5.32 Å². The molecule has 1 aromatic heterocycles. The lowest BCUT2D eigenvalue weighted by atomic mass is 9.93. The Balaban J connectivity index is 2.14. The van der Waals surface area contributed by atoms with E-state index in [1.807, 2.05) is 13.0 Å². The van der Waals surface area contributed by atoms with Crippen LogP contribution in [0.4, 0.5) is 0 Å². The minimum absolute atomic E-state index is 0.0536. The number of hydrogen-bond acceptors (Lipinski definition) is 4. The molecule has 0 amide bonds. The predicted octanol–water partition coefficient (Wildman–Crippen LogP) is 1.61. The summed E-state index contributed by atoms with van der Waals surface area (Å²) in [6.07, 6.45) is 2.53. The number of rotatable bonds is 5. The average molecular weight is 297 g/mol. The van der Waals surface area contributed by atoms with E-state index >= 15 is 0 Å². The van der Waals surface area contributed by atoms with Gasteiger partial charge < -0.3 is 5.32 Å². The topological polar surface area (TPSA) is 62.3 Å². The van der Waals surface area contributed by atoms with Crippen molar-refractivity contribution >= 4 is 10.0 Å². The van der Waals surface area contributed by atoms with Gasteiger partial charge >= 0.3 is 0 Å². The predicted molar refractivity (Wildman–Crippen MR) is 78.8 cm³/mol. The van der Waals surface area contributed by atoms with Gasteiger partial charge in [-0.15, -0.1) is 0 Å². The van der Waals surface area contributed by atoms with Crippen LogP contribution in [0.25, 0.3) is 0 Å². The number of aromatic nitrogens is 1. The summed E-state index contributed by atoms with van der Waals surface area (Å²) in [5, 5.41) is 3.34. The third kappa shape index (κ3) is 3.37. The Labute approximate surface area is 121 Å². The van der Waals surface area contributed by atoms with E-state index in [0.717, 1.165) is 18.5 Å². The Kier molecular flexibility index (Phi) is 4.46. The summed E-state index contributed by atoms with van der Waals surface area (Å²) in [7, 11) is -3.45. The van der Waals surface area contributed by atoms with E-state index in [2.05, 4.69) is 24.1 Å². The van der Waals surface area contributed by atoms with Crippen LogP contribution in [0.5, 0.6) is 0 Å². The third-order valence-electron chi connectivity index (χ3n) is 3.62. The van der Waals surface area contributed by atoms with Crippen molar-refractivity contribution in [2.45, 2.75) is 38.8 Å². The quantitative estimate of drug-likeness (QED) is 0.897. The molecule has 1 aromatic rings. The van der Waals surface area contributed by atoms with Gasteiger partial charge in [0.2, 0.25) is 0 Å². The molecule has 1 aliphatic heterocycles. The van der Waals surface area contributed by atoms with Gasteiger partial charge in [-0.05, 0) is 30.0 Å². The molecule has 0 aromatic carbocycles. The first-order valence-electron chi connectivity index (χ1n) is 7.01. The van der Waals surface area contributed by atoms with Gasteiger partial charge in [0.1, 0.15) is 0 Å². The summed E-state index contributed by atoms with van der Waals surface area (Å²) in [6.45, 7) is 8.95. The highest BCUT2D eigenvalue weighted by atomic mass is 32.2. The van der Waals surface area contributed by atoms with Crippen LogP contribution in [-0.4, -0.2) is 37.3 Å². The molecule has 0 unspecified atom stereocenters. The molecule has 20 heavy (non-hydrogen) atoms. The molecule has 0 saturated carbocycles. The van der Waals surface area contributed by atoms with Gasteiger partial charge in [0.05, 0.1) is 0 Å². The molecule has 1 fully saturated rings. The van der Waals surface area contributed by atoms with Crippen LogP contribution in [0, 0.1) is 5.41 Å². The maximum atomic E-state index is 12.5. The second-order valence-electron chi connectivity index (χ2n) is 6.04. The molecule has 1 saturated heterocycles. The van der Waals surface area contributed by atoms with Crippen molar-refractivity contribution in [1.29, 1.82) is 0 Å². The maximum Gasteiger partial charge on any atom is 0.260 e. The Bertz CT molecular complexity index is 552. The smallest absolute Gasteiger partial charge is 0.260 e. The van der Waals surface area contributed by atoms with E-state index in [4.69, 9.17) is 0 Å². The van der Waals surface area contributed by atoms with E-state index in [1.54, 1.807) is 16.6 Å². The summed E-state index contributed by atoms with van der Waals surface area (Å²) < 4.78 is 26.5. The molecule has 0 radical (unpaired) electrons. The standard InChI is InChI=1S/C14H23N3O2S/c1-4-15-9-12-5-6-13(16-10-12)20(18,19)17-8-7-14(2,3)11-17/h5-6,10,15H,4,7-9,11H2,1-3H3. The van der Waals surface area contributed by atoms with E-state index < -0.39 is 10.0 Å². The zero-order chi connectivity index (χ0) is 14.8. The van der Waals surface area contributed by atoms with Gasteiger partial charge in [-0.1, -0.05) is 26.8 Å². The summed E-state index contributed by atoms with van der Waals surface area (Å²) in [6, 6.07) is 3.43.